The van der Waals surface area contributed by atoms with Gasteiger partial charge >= 0.3 is 0 Å². The lowest BCUT2D eigenvalue weighted by atomic mass is 9.95. The number of pyridine rings is 1. The fraction of sp³-hybridized carbons (Fsp3) is 0.278. The van der Waals surface area contributed by atoms with E-state index in [9.17, 15) is 15.2 Å². The van der Waals surface area contributed by atoms with Crippen LogP contribution in [0.15, 0.2) is 34.1 Å². The van der Waals surface area contributed by atoms with Gasteiger partial charge in [0.2, 0.25) is 0 Å². The summed E-state index contributed by atoms with van der Waals surface area (Å²) >= 11 is 1.25. The highest BCUT2D eigenvalue weighted by molar-refractivity contribution is 7.98. The van der Waals surface area contributed by atoms with Crippen LogP contribution >= 0.6 is 11.8 Å². The van der Waals surface area contributed by atoms with Crippen molar-refractivity contribution >= 4 is 11.8 Å². The lowest BCUT2D eigenvalue weighted by Crippen LogP contribution is -2.17. The molecule has 0 atom stereocenters. The van der Waals surface area contributed by atoms with Gasteiger partial charge in [0.15, 0.2) is 5.82 Å². The van der Waals surface area contributed by atoms with E-state index in [2.05, 4.69) is 37.7 Å². The molecule has 3 N–H and O–H groups in total. The van der Waals surface area contributed by atoms with Crippen LogP contribution in [0.25, 0.3) is 11.1 Å². The Kier molecular flexibility index (Phi) is 4.75. The second kappa shape index (κ2) is 7.34. The van der Waals surface area contributed by atoms with Crippen molar-refractivity contribution in [3.05, 3.63) is 57.1 Å². The van der Waals surface area contributed by atoms with Crippen LogP contribution in [0, 0.1) is 11.3 Å². The number of tetrazole rings is 1. The molecule has 0 amide bonds. The zero-order valence-electron chi connectivity index (χ0n) is 14.3. The Morgan fingerprint density at radius 3 is 2.89 bits per heavy atom. The maximum Gasteiger partial charge on any atom is 0.255 e. The van der Waals surface area contributed by atoms with Gasteiger partial charge in [-0.3, -0.25) is 4.79 Å². The number of hydrogen-bond donors (Lipinski definition) is 3. The molecule has 8 nitrogen and oxygen atoms in total. The largest absolute Gasteiger partial charge is 0.391 e. The Labute approximate surface area is 158 Å². The molecule has 1 aromatic carbocycles. The van der Waals surface area contributed by atoms with E-state index in [1.807, 2.05) is 18.2 Å². The standard InChI is InChI=1S/C18H16N6O2S/c19-7-13-16(12-3-1-2-11(6-12)10-4-5-10)14(8-25)17(26)20-18(13)27-9-15-21-23-24-22-15/h1-3,6,10,25H,4-5,8-9H2,(H,20,26)(H,21,22,23,24). The summed E-state index contributed by atoms with van der Waals surface area (Å²) in [6, 6.07) is 10.1. The molecule has 0 unspecified atom stereocenters. The van der Waals surface area contributed by atoms with Crippen molar-refractivity contribution in [2.75, 3.05) is 0 Å². The van der Waals surface area contributed by atoms with E-state index in [-0.39, 0.29) is 5.56 Å². The SMILES string of the molecule is N#Cc1c(SCc2nn[nH]n2)[nH]c(=O)c(CO)c1-c1cccc(C2CC2)c1. The predicted octanol–water partition coefficient (Wildman–Crippen LogP) is 2.09. The minimum absolute atomic E-state index is 0.198. The van der Waals surface area contributed by atoms with Crippen molar-refractivity contribution in [1.82, 2.24) is 25.6 Å². The molecule has 1 saturated carbocycles. The van der Waals surface area contributed by atoms with Crippen LogP contribution in [-0.4, -0.2) is 30.7 Å². The topological polar surface area (TPSA) is 131 Å². The summed E-state index contributed by atoms with van der Waals surface area (Å²) in [4.78, 5) is 15.2. The molecule has 3 aromatic rings. The van der Waals surface area contributed by atoms with Crippen LogP contribution in [0.5, 0.6) is 0 Å². The third-order valence-corrected chi connectivity index (χ3v) is 5.51. The molecule has 136 valence electrons. The number of thioether (sulfide) groups is 1. The molecule has 1 aliphatic rings. The molecule has 0 aliphatic heterocycles. The Bertz CT molecular complexity index is 1070. The number of benzene rings is 1. The van der Waals surface area contributed by atoms with Crippen LogP contribution in [0.2, 0.25) is 0 Å². The van der Waals surface area contributed by atoms with Gasteiger partial charge in [-0.25, -0.2) is 0 Å². The summed E-state index contributed by atoms with van der Waals surface area (Å²) in [6.45, 7) is -0.442. The molecule has 2 heterocycles. The molecule has 0 radical (unpaired) electrons. The summed E-state index contributed by atoms with van der Waals surface area (Å²) < 4.78 is 0. The Morgan fingerprint density at radius 2 is 2.22 bits per heavy atom. The van der Waals surface area contributed by atoms with Crippen LogP contribution in [-0.2, 0) is 12.4 Å². The smallest absolute Gasteiger partial charge is 0.255 e. The van der Waals surface area contributed by atoms with E-state index < -0.39 is 12.2 Å². The average molecular weight is 380 g/mol. The van der Waals surface area contributed by atoms with E-state index in [0.29, 0.717) is 33.6 Å². The molecule has 0 bridgehead atoms. The molecule has 4 rings (SSSR count). The fourth-order valence-electron chi connectivity index (χ4n) is 3.05. The third kappa shape index (κ3) is 3.49. The third-order valence-electron chi connectivity index (χ3n) is 4.51. The number of aliphatic hydroxyl groups is 1. The number of aromatic nitrogens is 5. The Balaban J connectivity index is 1.82. The van der Waals surface area contributed by atoms with Gasteiger partial charge in [0.05, 0.1) is 28.5 Å². The van der Waals surface area contributed by atoms with Crippen molar-refractivity contribution < 1.29 is 5.11 Å². The highest BCUT2D eigenvalue weighted by atomic mass is 32.2. The lowest BCUT2D eigenvalue weighted by molar-refractivity contribution is 0.280. The second-order valence-corrected chi connectivity index (χ2v) is 7.28. The predicted molar refractivity (Wildman–Crippen MR) is 98.9 cm³/mol. The summed E-state index contributed by atoms with van der Waals surface area (Å²) in [7, 11) is 0. The first-order chi connectivity index (χ1) is 13.2. The number of aliphatic hydroxyl groups excluding tert-OH is 1. The van der Waals surface area contributed by atoms with Gasteiger partial charge in [-0.1, -0.05) is 41.2 Å². The molecule has 1 fully saturated rings. The molecular formula is C18H16N6O2S. The van der Waals surface area contributed by atoms with Crippen molar-refractivity contribution in [3.63, 3.8) is 0 Å². The minimum Gasteiger partial charge on any atom is -0.391 e. The van der Waals surface area contributed by atoms with Gasteiger partial charge in [-0.2, -0.15) is 10.5 Å². The summed E-state index contributed by atoms with van der Waals surface area (Å²) in [6.07, 6.45) is 2.31. The number of nitrogens with zero attached hydrogens (tertiary/aromatic N) is 4. The molecule has 0 saturated heterocycles. The van der Waals surface area contributed by atoms with Gasteiger partial charge in [-0.05, 0) is 29.9 Å². The highest BCUT2D eigenvalue weighted by Crippen LogP contribution is 2.42. The molecular weight excluding hydrogens is 364 g/mol. The summed E-state index contributed by atoms with van der Waals surface area (Å²) in [5.74, 6) is 1.36. The van der Waals surface area contributed by atoms with Crippen molar-refractivity contribution in [2.45, 2.75) is 36.1 Å². The van der Waals surface area contributed by atoms with E-state index in [4.69, 9.17) is 0 Å². The maximum atomic E-state index is 12.5. The minimum atomic E-state index is -0.442. The number of H-pyrrole nitrogens is 2. The van der Waals surface area contributed by atoms with Crippen LogP contribution in [0.3, 0.4) is 0 Å². The normalized spacial score (nSPS) is 13.5. The van der Waals surface area contributed by atoms with Crippen LogP contribution in [0.1, 0.15) is 41.3 Å². The van der Waals surface area contributed by atoms with Crippen LogP contribution in [0.4, 0.5) is 0 Å². The number of rotatable bonds is 6. The molecule has 1 aliphatic carbocycles. The number of hydrogen-bond acceptors (Lipinski definition) is 7. The fourth-order valence-corrected chi connectivity index (χ4v) is 3.90. The Hall–Kier alpha value is -2.96. The number of nitrogens with one attached hydrogen (secondary N) is 2. The van der Waals surface area contributed by atoms with E-state index in [1.165, 1.54) is 17.3 Å². The monoisotopic (exact) mass is 380 g/mol. The first-order valence-electron chi connectivity index (χ1n) is 8.46. The van der Waals surface area contributed by atoms with Gasteiger partial charge < -0.3 is 10.1 Å². The van der Waals surface area contributed by atoms with E-state index in [1.54, 1.807) is 0 Å². The lowest BCUT2D eigenvalue weighted by Gasteiger charge is -2.14. The van der Waals surface area contributed by atoms with Gasteiger partial charge in [0.25, 0.3) is 5.56 Å². The van der Waals surface area contributed by atoms with Crippen LogP contribution < -0.4 is 5.56 Å². The molecule has 9 heteroatoms. The van der Waals surface area contributed by atoms with Crippen molar-refractivity contribution in [1.29, 1.82) is 5.26 Å². The maximum absolute atomic E-state index is 12.5. The van der Waals surface area contributed by atoms with E-state index >= 15 is 0 Å². The first-order valence-corrected chi connectivity index (χ1v) is 9.45. The second-order valence-electron chi connectivity index (χ2n) is 6.30. The quantitative estimate of drug-likeness (QED) is 0.558. The van der Waals surface area contributed by atoms with E-state index in [0.717, 1.165) is 18.4 Å². The van der Waals surface area contributed by atoms with Crippen molar-refractivity contribution in [2.24, 2.45) is 0 Å². The molecule has 2 aromatic heterocycles. The number of aromatic amines is 2. The highest BCUT2D eigenvalue weighted by Gasteiger charge is 2.25. The van der Waals surface area contributed by atoms with Gasteiger partial charge in [0, 0.05) is 5.56 Å². The first kappa shape index (κ1) is 17.5. The number of nitriles is 1. The van der Waals surface area contributed by atoms with Gasteiger partial charge in [-0.15, -0.1) is 10.2 Å². The van der Waals surface area contributed by atoms with Crippen molar-refractivity contribution in [3.8, 4) is 17.2 Å². The zero-order valence-corrected chi connectivity index (χ0v) is 15.1. The average Bonchev–Trinajstić information content (AvgIpc) is 3.42. The zero-order chi connectivity index (χ0) is 18.8. The summed E-state index contributed by atoms with van der Waals surface area (Å²) in [5.41, 5.74) is 2.58. The molecule has 27 heavy (non-hydrogen) atoms. The Morgan fingerprint density at radius 1 is 1.37 bits per heavy atom. The molecule has 0 spiro atoms. The summed E-state index contributed by atoms with van der Waals surface area (Å²) in [5, 5.41) is 33.6. The van der Waals surface area contributed by atoms with Gasteiger partial charge in [0.1, 0.15) is 6.07 Å².